The van der Waals surface area contributed by atoms with E-state index >= 15 is 0 Å². The van der Waals surface area contributed by atoms with Gasteiger partial charge in [0.05, 0.1) is 11.4 Å². The number of aromatic nitrogens is 3. The van der Waals surface area contributed by atoms with Gasteiger partial charge in [0.1, 0.15) is 5.69 Å². The molecule has 2 N–H and O–H groups in total. The smallest absolute Gasteiger partial charge is 0.134 e. The second-order valence-electron chi connectivity index (χ2n) is 4.26. The van der Waals surface area contributed by atoms with E-state index in [2.05, 4.69) is 23.9 Å². The Labute approximate surface area is 95.1 Å². The maximum Gasteiger partial charge on any atom is 0.134 e. The molecule has 0 aromatic carbocycles. The van der Waals surface area contributed by atoms with Crippen molar-refractivity contribution in [1.29, 1.82) is 0 Å². The Morgan fingerprint density at radius 3 is 2.81 bits per heavy atom. The summed E-state index contributed by atoms with van der Waals surface area (Å²) in [6.45, 7) is 5.17. The van der Waals surface area contributed by atoms with Crippen molar-refractivity contribution in [3.63, 3.8) is 0 Å². The van der Waals surface area contributed by atoms with Gasteiger partial charge >= 0.3 is 0 Å². The first-order valence-corrected chi connectivity index (χ1v) is 5.41. The van der Waals surface area contributed by atoms with Crippen LogP contribution in [0, 0.1) is 5.92 Å². The molecule has 0 fully saturated rings. The van der Waals surface area contributed by atoms with Gasteiger partial charge in [0, 0.05) is 18.9 Å². The van der Waals surface area contributed by atoms with E-state index in [4.69, 9.17) is 5.73 Å². The summed E-state index contributed by atoms with van der Waals surface area (Å²) in [4.78, 5) is 4.25. The van der Waals surface area contributed by atoms with E-state index < -0.39 is 0 Å². The number of rotatable bonds is 3. The fourth-order valence-corrected chi connectivity index (χ4v) is 1.61. The molecule has 0 aliphatic carbocycles. The van der Waals surface area contributed by atoms with E-state index in [0.717, 1.165) is 17.9 Å². The van der Waals surface area contributed by atoms with E-state index in [1.54, 1.807) is 6.20 Å². The number of anilines is 1. The van der Waals surface area contributed by atoms with Crippen LogP contribution in [0.1, 0.15) is 13.8 Å². The second kappa shape index (κ2) is 4.35. The third kappa shape index (κ3) is 2.21. The molecule has 0 aliphatic heterocycles. The van der Waals surface area contributed by atoms with Gasteiger partial charge in [0.2, 0.25) is 0 Å². The zero-order valence-corrected chi connectivity index (χ0v) is 9.59. The van der Waals surface area contributed by atoms with Gasteiger partial charge in [0.15, 0.2) is 0 Å². The minimum atomic E-state index is 0.552. The molecule has 0 spiro atoms. The molecule has 2 rings (SSSR count). The summed E-state index contributed by atoms with van der Waals surface area (Å²) in [5.74, 6) is 0.552. The van der Waals surface area contributed by atoms with Gasteiger partial charge in [-0.2, -0.15) is 5.10 Å². The molecule has 0 aliphatic rings. The summed E-state index contributed by atoms with van der Waals surface area (Å²) >= 11 is 0. The highest BCUT2D eigenvalue weighted by Gasteiger charge is 2.09. The molecule has 84 valence electrons. The number of pyridine rings is 1. The highest BCUT2D eigenvalue weighted by molar-refractivity contribution is 5.68. The maximum absolute atomic E-state index is 5.93. The first-order chi connectivity index (χ1) is 7.66. The van der Waals surface area contributed by atoms with Gasteiger partial charge < -0.3 is 5.73 Å². The van der Waals surface area contributed by atoms with E-state index in [0.29, 0.717) is 11.6 Å². The van der Waals surface area contributed by atoms with Crippen LogP contribution in [0.3, 0.4) is 0 Å². The van der Waals surface area contributed by atoms with Gasteiger partial charge in [-0.05, 0) is 18.1 Å². The first-order valence-electron chi connectivity index (χ1n) is 5.41. The van der Waals surface area contributed by atoms with Crippen LogP contribution >= 0.6 is 0 Å². The molecule has 2 heterocycles. The molecule has 4 heteroatoms. The molecule has 16 heavy (non-hydrogen) atoms. The number of hydrogen-bond acceptors (Lipinski definition) is 3. The van der Waals surface area contributed by atoms with Gasteiger partial charge in [-0.25, -0.2) is 0 Å². The fraction of sp³-hybridized carbons (Fsp3) is 0.333. The van der Waals surface area contributed by atoms with Crippen molar-refractivity contribution in [1.82, 2.24) is 14.8 Å². The van der Waals surface area contributed by atoms with Crippen LogP contribution in [0.25, 0.3) is 11.4 Å². The van der Waals surface area contributed by atoms with Crippen molar-refractivity contribution >= 4 is 5.69 Å². The van der Waals surface area contributed by atoms with Crippen molar-refractivity contribution in [2.75, 3.05) is 5.73 Å². The first kappa shape index (κ1) is 10.7. The van der Waals surface area contributed by atoms with Crippen LogP contribution in [-0.2, 0) is 6.54 Å². The summed E-state index contributed by atoms with van der Waals surface area (Å²) < 4.78 is 1.88. The standard InChI is InChI=1S/C12H16N4/c1-9(2)7-16-8-10(13)12(15-16)11-5-3-4-6-14-11/h3-6,8-9H,7,13H2,1-2H3. The Bertz CT molecular complexity index is 459. The van der Waals surface area contributed by atoms with Gasteiger partial charge in [-0.15, -0.1) is 0 Å². The summed E-state index contributed by atoms with van der Waals surface area (Å²) in [5, 5.41) is 4.45. The van der Waals surface area contributed by atoms with Crippen molar-refractivity contribution in [2.24, 2.45) is 5.92 Å². The largest absolute Gasteiger partial charge is 0.396 e. The number of nitrogens with zero attached hydrogens (tertiary/aromatic N) is 3. The number of nitrogens with two attached hydrogens (primary N) is 1. The molecule has 4 nitrogen and oxygen atoms in total. The molecule has 0 atom stereocenters. The summed E-state index contributed by atoms with van der Waals surface area (Å²) in [7, 11) is 0. The van der Waals surface area contributed by atoms with E-state index in [1.165, 1.54) is 0 Å². The van der Waals surface area contributed by atoms with Gasteiger partial charge in [-0.3, -0.25) is 9.67 Å². The minimum absolute atomic E-state index is 0.552. The Morgan fingerprint density at radius 2 is 2.19 bits per heavy atom. The van der Waals surface area contributed by atoms with Crippen molar-refractivity contribution < 1.29 is 0 Å². The fourth-order valence-electron chi connectivity index (χ4n) is 1.61. The predicted octanol–water partition coefficient (Wildman–Crippen LogP) is 2.18. The van der Waals surface area contributed by atoms with Crippen LogP contribution < -0.4 is 5.73 Å². The molecule has 0 saturated heterocycles. The highest BCUT2D eigenvalue weighted by Crippen LogP contribution is 2.21. The van der Waals surface area contributed by atoms with Crippen molar-refractivity contribution in [2.45, 2.75) is 20.4 Å². The lowest BCUT2D eigenvalue weighted by molar-refractivity contribution is 0.484. The molecule has 0 amide bonds. The summed E-state index contributed by atoms with van der Waals surface area (Å²) in [6, 6.07) is 5.73. The molecule has 0 unspecified atom stereocenters. The van der Waals surface area contributed by atoms with Crippen molar-refractivity contribution in [3.05, 3.63) is 30.6 Å². The average Bonchev–Trinajstić information content (AvgIpc) is 2.60. The Balaban J connectivity index is 2.32. The molecule has 2 aromatic heterocycles. The lowest BCUT2D eigenvalue weighted by Gasteiger charge is -2.03. The quantitative estimate of drug-likeness (QED) is 0.855. The van der Waals surface area contributed by atoms with Crippen LogP contribution in [-0.4, -0.2) is 14.8 Å². The molecule has 2 aromatic rings. The van der Waals surface area contributed by atoms with E-state index in [1.807, 2.05) is 29.1 Å². The molecule has 0 saturated carbocycles. The molecular weight excluding hydrogens is 200 g/mol. The Kier molecular flexibility index (Phi) is 2.90. The lowest BCUT2D eigenvalue weighted by Crippen LogP contribution is -2.04. The molecule has 0 radical (unpaired) electrons. The topological polar surface area (TPSA) is 56.7 Å². The zero-order valence-electron chi connectivity index (χ0n) is 9.59. The second-order valence-corrected chi connectivity index (χ2v) is 4.26. The SMILES string of the molecule is CC(C)Cn1cc(N)c(-c2ccccn2)n1. The van der Waals surface area contributed by atoms with Gasteiger partial charge in [0.25, 0.3) is 0 Å². The normalized spacial score (nSPS) is 10.9. The summed E-state index contributed by atoms with van der Waals surface area (Å²) in [5.41, 5.74) is 8.19. The van der Waals surface area contributed by atoms with E-state index in [-0.39, 0.29) is 0 Å². The summed E-state index contributed by atoms with van der Waals surface area (Å²) in [6.07, 6.45) is 3.61. The predicted molar refractivity (Wildman–Crippen MR) is 64.7 cm³/mol. The third-order valence-corrected chi connectivity index (χ3v) is 2.25. The molecular formula is C12H16N4. The Morgan fingerprint density at radius 1 is 1.38 bits per heavy atom. The van der Waals surface area contributed by atoms with E-state index in [9.17, 15) is 0 Å². The Hall–Kier alpha value is -1.84. The van der Waals surface area contributed by atoms with Crippen LogP contribution in [0.5, 0.6) is 0 Å². The maximum atomic E-state index is 5.93. The average molecular weight is 216 g/mol. The number of hydrogen-bond donors (Lipinski definition) is 1. The zero-order chi connectivity index (χ0) is 11.5. The minimum Gasteiger partial charge on any atom is -0.396 e. The van der Waals surface area contributed by atoms with Crippen LogP contribution in [0.4, 0.5) is 5.69 Å². The van der Waals surface area contributed by atoms with Crippen LogP contribution in [0.15, 0.2) is 30.6 Å². The highest BCUT2D eigenvalue weighted by atomic mass is 15.3. The molecule has 0 bridgehead atoms. The van der Waals surface area contributed by atoms with Crippen LogP contribution in [0.2, 0.25) is 0 Å². The number of nitrogen functional groups attached to an aromatic ring is 1. The van der Waals surface area contributed by atoms with Gasteiger partial charge in [-0.1, -0.05) is 19.9 Å². The van der Waals surface area contributed by atoms with Crippen molar-refractivity contribution in [3.8, 4) is 11.4 Å². The third-order valence-electron chi connectivity index (χ3n) is 2.25. The lowest BCUT2D eigenvalue weighted by atomic mass is 10.2. The monoisotopic (exact) mass is 216 g/mol.